The molecule has 1 atom stereocenters. The normalized spacial score (nSPS) is 20.2. The van der Waals surface area contributed by atoms with Crippen LogP contribution in [0.1, 0.15) is 36.8 Å². The van der Waals surface area contributed by atoms with Gasteiger partial charge in [-0.15, -0.1) is 0 Å². The van der Waals surface area contributed by atoms with Crippen LogP contribution in [0.2, 0.25) is 5.28 Å². The number of hydrogen-bond donors (Lipinski definition) is 2. The topological polar surface area (TPSA) is 49.8 Å². The molecular weight excluding hydrogens is 388 g/mol. The molecule has 0 radical (unpaired) electrons. The molecule has 2 N–H and O–H groups in total. The lowest BCUT2D eigenvalue weighted by molar-refractivity contribution is 0.635. The average molecular weight is 408 g/mol. The van der Waals surface area contributed by atoms with E-state index in [1.807, 2.05) is 6.07 Å². The molecule has 4 nitrogen and oxygen atoms in total. The molecule has 1 saturated carbocycles. The van der Waals surface area contributed by atoms with E-state index < -0.39 is 0 Å². The predicted molar refractivity (Wildman–Crippen MR) is 102 cm³/mol. The van der Waals surface area contributed by atoms with Crippen molar-refractivity contribution in [3.05, 3.63) is 45.1 Å². The first kappa shape index (κ1) is 16.2. The van der Waals surface area contributed by atoms with Crippen molar-refractivity contribution in [1.29, 1.82) is 0 Å². The first-order valence-electron chi connectivity index (χ1n) is 8.51. The molecule has 0 saturated heterocycles. The van der Waals surface area contributed by atoms with Gasteiger partial charge in [0.15, 0.2) is 0 Å². The molecule has 1 aromatic carbocycles. The van der Waals surface area contributed by atoms with Crippen molar-refractivity contribution in [1.82, 2.24) is 9.97 Å². The largest absolute Gasteiger partial charge is 0.367 e. The van der Waals surface area contributed by atoms with Gasteiger partial charge in [0.05, 0.1) is 0 Å². The Balaban J connectivity index is 1.51. The highest BCUT2D eigenvalue weighted by Crippen LogP contribution is 2.28. The fraction of sp³-hybridized carbons (Fsp3) is 0.444. The van der Waals surface area contributed by atoms with Crippen LogP contribution in [0.25, 0.3) is 0 Å². The molecule has 1 unspecified atom stereocenters. The quantitative estimate of drug-likeness (QED) is 0.563. The number of benzene rings is 1. The summed E-state index contributed by atoms with van der Waals surface area (Å²) in [5.74, 6) is 1.62. The van der Waals surface area contributed by atoms with Gasteiger partial charge in [0.2, 0.25) is 5.28 Å². The van der Waals surface area contributed by atoms with E-state index in [0.29, 0.717) is 17.4 Å². The van der Waals surface area contributed by atoms with Crippen LogP contribution in [0.3, 0.4) is 0 Å². The van der Waals surface area contributed by atoms with Crippen LogP contribution in [0.15, 0.2) is 28.7 Å². The van der Waals surface area contributed by atoms with Crippen LogP contribution >= 0.6 is 27.5 Å². The van der Waals surface area contributed by atoms with Gasteiger partial charge in [0.25, 0.3) is 0 Å². The van der Waals surface area contributed by atoms with Crippen LogP contribution in [0.4, 0.5) is 11.6 Å². The molecule has 1 fully saturated rings. The van der Waals surface area contributed by atoms with E-state index >= 15 is 0 Å². The van der Waals surface area contributed by atoms with Crippen molar-refractivity contribution in [2.24, 2.45) is 0 Å². The average Bonchev–Trinajstić information content (AvgIpc) is 3.33. The molecule has 6 heteroatoms. The Morgan fingerprint density at radius 3 is 2.46 bits per heavy atom. The van der Waals surface area contributed by atoms with Crippen molar-refractivity contribution in [3.8, 4) is 0 Å². The summed E-state index contributed by atoms with van der Waals surface area (Å²) in [6, 6.07) is 9.48. The lowest BCUT2D eigenvalue weighted by Crippen LogP contribution is -2.22. The van der Waals surface area contributed by atoms with Crippen LogP contribution in [0, 0.1) is 0 Å². The Morgan fingerprint density at radius 2 is 1.71 bits per heavy atom. The van der Waals surface area contributed by atoms with Gasteiger partial charge >= 0.3 is 0 Å². The Bertz CT molecular complexity index is 748. The summed E-state index contributed by atoms with van der Waals surface area (Å²) in [6.45, 7) is 0. The second-order valence-corrected chi connectivity index (χ2v) is 7.93. The van der Waals surface area contributed by atoms with E-state index in [1.165, 1.54) is 30.4 Å². The predicted octanol–water partition coefficient (Wildman–Crippen LogP) is 4.83. The van der Waals surface area contributed by atoms with Gasteiger partial charge in [-0.2, -0.15) is 0 Å². The Hall–Kier alpha value is -1.33. The van der Waals surface area contributed by atoms with Crippen LogP contribution in [-0.4, -0.2) is 22.1 Å². The maximum absolute atomic E-state index is 6.10. The van der Waals surface area contributed by atoms with Crippen molar-refractivity contribution in [2.75, 3.05) is 10.6 Å². The Labute approximate surface area is 155 Å². The SMILES string of the molecule is Clc1nc(NC2CC2)cc(NC2CCCc3ccc(Br)cc3C2)n1. The van der Waals surface area contributed by atoms with E-state index in [2.05, 4.69) is 54.7 Å². The maximum atomic E-state index is 6.10. The maximum Gasteiger partial charge on any atom is 0.226 e. The minimum atomic E-state index is 0.292. The third kappa shape index (κ3) is 4.01. The molecule has 0 bridgehead atoms. The third-order valence-corrected chi connectivity index (χ3v) is 5.28. The van der Waals surface area contributed by atoms with Gasteiger partial charge in [-0.1, -0.05) is 22.0 Å². The highest BCUT2D eigenvalue weighted by Gasteiger charge is 2.22. The molecule has 126 valence electrons. The van der Waals surface area contributed by atoms with Crippen molar-refractivity contribution >= 4 is 39.2 Å². The number of rotatable bonds is 4. The summed E-state index contributed by atoms with van der Waals surface area (Å²) in [4.78, 5) is 8.62. The van der Waals surface area contributed by atoms with Crippen LogP contribution in [0.5, 0.6) is 0 Å². The van der Waals surface area contributed by atoms with E-state index in [9.17, 15) is 0 Å². The highest BCUT2D eigenvalue weighted by atomic mass is 79.9. The molecule has 1 aromatic heterocycles. The number of nitrogens with one attached hydrogen (secondary N) is 2. The van der Waals surface area contributed by atoms with Crippen molar-refractivity contribution in [3.63, 3.8) is 0 Å². The number of aryl methyl sites for hydroxylation is 1. The minimum absolute atomic E-state index is 0.292. The molecule has 1 heterocycles. The smallest absolute Gasteiger partial charge is 0.226 e. The number of hydrogen-bond acceptors (Lipinski definition) is 4. The highest BCUT2D eigenvalue weighted by molar-refractivity contribution is 9.10. The number of aromatic nitrogens is 2. The molecule has 2 aromatic rings. The van der Waals surface area contributed by atoms with Gasteiger partial charge < -0.3 is 10.6 Å². The fourth-order valence-electron chi connectivity index (χ4n) is 3.27. The molecule has 4 rings (SSSR count). The number of anilines is 2. The number of halogens is 2. The van der Waals surface area contributed by atoms with E-state index in [0.717, 1.165) is 35.4 Å². The zero-order valence-corrected chi connectivity index (χ0v) is 15.7. The number of nitrogens with zero attached hydrogens (tertiary/aromatic N) is 2. The Kier molecular flexibility index (Phi) is 4.63. The van der Waals surface area contributed by atoms with Gasteiger partial charge in [0.1, 0.15) is 11.6 Å². The zero-order valence-electron chi connectivity index (χ0n) is 13.4. The second-order valence-electron chi connectivity index (χ2n) is 6.68. The Morgan fingerprint density at radius 1 is 0.958 bits per heavy atom. The lowest BCUT2D eigenvalue weighted by Gasteiger charge is -2.18. The summed E-state index contributed by atoms with van der Waals surface area (Å²) in [7, 11) is 0. The molecule has 0 amide bonds. The van der Waals surface area contributed by atoms with Crippen molar-refractivity contribution in [2.45, 2.75) is 50.6 Å². The summed E-state index contributed by atoms with van der Waals surface area (Å²) in [5, 5.41) is 7.24. The summed E-state index contributed by atoms with van der Waals surface area (Å²) in [6.07, 6.45) is 6.86. The second kappa shape index (κ2) is 6.89. The molecule has 0 aliphatic heterocycles. The minimum Gasteiger partial charge on any atom is -0.367 e. The molecule has 2 aliphatic rings. The third-order valence-electron chi connectivity index (χ3n) is 4.61. The zero-order chi connectivity index (χ0) is 16.5. The van der Waals surface area contributed by atoms with E-state index in [1.54, 1.807) is 0 Å². The van der Waals surface area contributed by atoms with Gasteiger partial charge in [-0.25, -0.2) is 9.97 Å². The molecule has 24 heavy (non-hydrogen) atoms. The first-order chi connectivity index (χ1) is 11.7. The first-order valence-corrected chi connectivity index (χ1v) is 9.68. The lowest BCUT2D eigenvalue weighted by atomic mass is 10.0. The van der Waals surface area contributed by atoms with Gasteiger partial charge in [-0.05, 0) is 73.4 Å². The van der Waals surface area contributed by atoms with Crippen LogP contribution < -0.4 is 10.6 Å². The standard InChI is InChI=1S/C18H20BrClN4/c19-13-5-4-11-2-1-3-15(9-12(11)8-13)22-17-10-16(21-14-6-7-14)23-18(20)24-17/h4-5,8,10,14-15H,1-3,6-7,9H2,(H2,21,22,23,24). The summed E-state index contributed by atoms with van der Waals surface area (Å²) >= 11 is 9.68. The van der Waals surface area contributed by atoms with Gasteiger partial charge in [-0.3, -0.25) is 0 Å². The summed E-state index contributed by atoms with van der Waals surface area (Å²) in [5.41, 5.74) is 2.87. The summed E-state index contributed by atoms with van der Waals surface area (Å²) < 4.78 is 1.14. The fourth-order valence-corrected chi connectivity index (χ4v) is 3.86. The van der Waals surface area contributed by atoms with Crippen molar-refractivity contribution < 1.29 is 0 Å². The molecule has 0 spiro atoms. The molecule has 2 aliphatic carbocycles. The number of fused-ring (bicyclic) bond motifs is 1. The van der Waals surface area contributed by atoms with Gasteiger partial charge in [0, 0.05) is 22.6 Å². The molecular formula is C18H20BrClN4. The van der Waals surface area contributed by atoms with E-state index in [4.69, 9.17) is 11.6 Å². The van der Waals surface area contributed by atoms with E-state index in [-0.39, 0.29) is 0 Å². The van der Waals surface area contributed by atoms with Crippen LogP contribution in [-0.2, 0) is 12.8 Å². The monoisotopic (exact) mass is 406 g/mol.